The lowest BCUT2D eigenvalue weighted by molar-refractivity contribution is -0.115. The van der Waals surface area contributed by atoms with Crippen LogP contribution in [0.3, 0.4) is 0 Å². The zero-order chi connectivity index (χ0) is 18.6. The highest BCUT2D eigenvalue weighted by molar-refractivity contribution is 7.09. The molecular weight excluding hydrogens is 354 g/mol. The van der Waals surface area contributed by atoms with Gasteiger partial charge in [0.1, 0.15) is 5.01 Å². The lowest BCUT2D eigenvalue weighted by Crippen LogP contribution is -2.41. The van der Waals surface area contributed by atoms with Gasteiger partial charge in [0.25, 0.3) is 0 Å². The smallest absolute Gasteiger partial charge is 0.231 e. The normalized spacial score (nSPS) is 23.0. The quantitative estimate of drug-likeness (QED) is 0.818. The van der Waals surface area contributed by atoms with Crippen molar-refractivity contribution in [2.75, 3.05) is 18.4 Å². The van der Waals surface area contributed by atoms with E-state index in [-0.39, 0.29) is 5.91 Å². The molecule has 144 valence electrons. The molecule has 0 unspecified atom stereocenters. The maximum absolute atomic E-state index is 12.3. The van der Waals surface area contributed by atoms with Crippen molar-refractivity contribution in [2.24, 2.45) is 11.8 Å². The SMILES string of the molecule is Cc1ccc(NC(=O)Cc2nc(CN3CC[C@@H]4CCCC[C@H]4C3)cs2)cc1. The third-order valence-electron chi connectivity index (χ3n) is 6.01. The molecule has 2 fully saturated rings. The summed E-state index contributed by atoms with van der Waals surface area (Å²) in [4.78, 5) is 19.6. The molecule has 1 saturated heterocycles. The summed E-state index contributed by atoms with van der Waals surface area (Å²) in [5.74, 6) is 1.86. The van der Waals surface area contributed by atoms with Crippen molar-refractivity contribution < 1.29 is 4.79 Å². The molecule has 1 aromatic carbocycles. The molecule has 2 aromatic rings. The molecule has 1 aliphatic heterocycles. The monoisotopic (exact) mass is 383 g/mol. The van der Waals surface area contributed by atoms with Crippen molar-refractivity contribution in [1.29, 1.82) is 0 Å². The van der Waals surface area contributed by atoms with Gasteiger partial charge in [-0.15, -0.1) is 11.3 Å². The zero-order valence-electron chi connectivity index (χ0n) is 16.1. The summed E-state index contributed by atoms with van der Waals surface area (Å²) in [5, 5.41) is 5.99. The number of aryl methyl sites for hydroxylation is 1. The molecular formula is C22H29N3OS. The minimum Gasteiger partial charge on any atom is -0.326 e. The Morgan fingerprint density at radius 3 is 2.78 bits per heavy atom. The molecule has 1 saturated carbocycles. The highest BCUT2D eigenvalue weighted by atomic mass is 32.1. The van der Waals surface area contributed by atoms with E-state index in [0.29, 0.717) is 6.42 Å². The van der Waals surface area contributed by atoms with Gasteiger partial charge in [-0.2, -0.15) is 0 Å². The van der Waals surface area contributed by atoms with Crippen LogP contribution in [-0.2, 0) is 17.8 Å². The van der Waals surface area contributed by atoms with Crippen LogP contribution in [0, 0.1) is 18.8 Å². The van der Waals surface area contributed by atoms with Crippen LogP contribution in [0.5, 0.6) is 0 Å². The number of amides is 1. The Hall–Kier alpha value is -1.72. The van der Waals surface area contributed by atoms with Crippen molar-refractivity contribution in [2.45, 2.75) is 52.0 Å². The Kier molecular flexibility index (Phi) is 5.89. The first-order valence-corrected chi connectivity index (χ1v) is 11.1. The Morgan fingerprint density at radius 2 is 1.96 bits per heavy atom. The Bertz CT molecular complexity index is 770. The fourth-order valence-electron chi connectivity index (χ4n) is 4.53. The van der Waals surface area contributed by atoms with Crippen molar-refractivity contribution in [3.8, 4) is 0 Å². The first-order valence-electron chi connectivity index (χ1n) is 10.2. The van der Waals surface area contributed by atoms with Gasteiger partial charge >= 0.3 is 0 Å². The van der Waals surface area contributed by atoms with Crippen LogP contribution in [-0.4, -0.2) is 28.9 Å². The number of fused-ring (bicyclic) bond motifs is 1. The highest BCUT2D eigenvalue weighted by Gasteiger charge is 2.31. The van der Waals surface area contributed by atoms with Gasteiger partial charge in [0, 0.05) is 24.2 Å². The van der Waals surface area contributed by atoms with E-state index >= 15 is 0 Å². The van der Waals surface area contributed by atoms with Crippen molar-refractivity contribution in [3.63, 3.8) is 0 Å². The predicted molar refractivity (Wildman–Crippen MR) is 111 cm³/mol. The van der Waals surface area contributed by atoms with E-state index in [0.717, 1.165) is 34.8 Å². The van der Waals surface area contributed by atoms with E-state index in [1.54, 1.807) is 11.3 Å². The lowest BCUT2D eigenvalue weighted by atomic mass is 9.75. The molecule has 4 nitrogen and oxygen atoms in total. The Balaban J connectivity index is 1.28. The average molecular weight is 384 g/mol. The first-order chi connectivity index (χ1) is 13.2. The Morgan fingerprint density at radius 1 is 1.19 bits per heavy atom. The predicted octanol–water partition coefficient (Wildman–Crippen LogP) is 4.64. The van der Waals surface area contributed by atoms with Crippen LogP contribution in [0.1, 0.15) is 48.4 Å². The van der Waals surface area contributed by atoms with Crippen LogP contribution in [0.2, 0.25) is 0 Å². The number of thiazole rings is 1. The average Bonchev–Trinajstić information content (AvgIpc) is 3.10. The summed E-state index contributed by atoms with van der Waals surface area (Å²) in [6, 6.07) is 7.89. The minimum absolute atomic E-state index is 0.00257. The van der Waals surface area contributed by atoms with Gasteiger partial charge < -0.3 is 5.32 Å². The van der Waals surface area contributed by atoms with E-state index in [9.17, 15) is 4.79 Å². The maximum Gasteiger partial charge on any atom is 0.231 e. The fraction of sp³-hybridized carbons (Fsp3) is 0.545. The standard InChI is InChI=1S/C22H29N3OS/c1-16-6-8-19(9-7-16)23-21(26)12-22-24-20(15-27-22)14-25-11-10-17-4-2-3-5-18(17)13-25/h6-9,15,17-18H,2-5,10-14H2,1H3,(H,23,26)/t17-,18-/m0/s1. The first kappa shape index (κ1) is 18.6. The second kappa shape index (κ2) is 8.53. The number of nitrogens with one attached hydrogen (secondary N) is 1. The summed E-state index contributed by atoms with van der Waals surface area (Å²) < 4.78 is 0. The van der Waals surface area contributed by atoms with Gasteiger partial charge in [-0.05, 0) is 50.3 Å². The zero-order valence-corrected chi connectivity index (χ0v) is 16.9. The number of aromatic nitrogens is 1. The fourth-order valence-corrected chi connectivity index (χ4v) is 5.31. The number of anilines is 1. The minimum atomic E-state index is 0.00257. The number of rotatable bonds is 5. The number of benzene rings is 1. The van der Waals surface area contributed by atoms with Gasteiger partial charge in [-0.1, -0.05) is 37.0 Å². The summed E-state index contributed by atoms with van der Waals surface area (Å²) >= 11 is 1.60. The molecule has 1 N–H and O–H groups in total. The molecule has 0 radical (unpaired) electrons. The second-order valence-electron chi connectivity index (χ2n) is 8.15. The van der Waals surface area contributed by atoms with E-state index < -0.39 is 0 Å². The van der Waals surface area contributed by atoms with E-state index in [1.807, 2.05) is 31.2 Å². The van der Waals surface area contributed by atoms with Gasteiger partial charge in [0.15, 0.2) is 0 Å². The molecule has 2 atom stereocenters. The number of carbonyl (C=O) groups excluding carboxylic acids is 1. The number of nitrogens with zero attached hydrogens (tertiary/aromatic N) is 2. The molecule has 1 aliphatic carbocycles. The molecule has 1 aromatic heterocycles. The van der Waals surface area contributed by atoms with Gasteiger partial charge in [0.2, 0.25) is 5.91 Å². The topological polar surface area (TPSA) is 45.2 Å². The molecule has 27 heavy (non-hydrogen) atoms. The summed E-state index contributed by atoms with van der Waals surface area (Å²) in [7, 11) is 0. The van der Waals surface area contributed by atoms with E-state index in [1.165, 1.54) is 50.8 Å². The van der Waals surface area contributed by atoms with Gasteiger partial charge in [0.05, 0.1) is 12.1 Å². The Labute approximate surface area is 166 Å². The third kappa shape index (κ3) is 4.96. The van der Waals surface area contributed by atoms with Gasteiger partial charge in [-0.3, -0.25) is 9.69 Å². The molecule has 2 aliphatic rings. The summed E-state index contributed by atoms with van der Waals surface area (Å²) in [5.41, 5.74) is 3.15. The number of piperidine rings is 1. The maximum atomic E-state index is 12.3. The van der Waals surface area contributed by atoms with Gasteiger partial charge in [-0.25, -0.2) is 4.98 Å². The summed E-state index contributed by atoms with van der Waals surface area (Å²) in [6.07, 6.45) is 7.38. The number of hydrogen-bond acceptors (Lipinski definition) is 4. The molecule has 0 bridgehead atoms. The summed E-state index contributed by atoms with van der Waals surface area (Å²) in [6.45, 7) is 5.39. The van der Waals surface area contributed by atoms with Crippen molar-refractivity contribution in [3.05, 3.63) is 45.9 Å². The van der Waals surface area contributed by atoms with Crippen LogP contribution in [0.4, 0.5) is 5.69 Å². The highest BCUT2D eigenvalue weighted by Crippen LogP contribution is 2.36. The van der Waals surface area contributed by atoms with Crippen molar-refractivity contribution >= 4 is 22.9 Å². The molecule has 5 heteroatoms. The van der Waals surface area contributed by atoms with Crippen LogP contribution in [0.25, 0.3) is 0 Å². The molecule has 4 rings (SSSR count). The molecule has 0 spiro atoms. The van der Waals surface area contributed by atoms with E-state index in [4.69, 9.17) is 4.98 Å². The largest absolute Gasteiger partial charge is 0.326 e. The number of hydrogen-bond donors (Lipinski definition) is 1. The lowest BCUT2D eigenvalue weighted by Gasteiger charge is -2.41. The molecule has 2 heterocycles. The van der Waals surface area contributed by atoms with E-state index in [2.05, 4.69) is 15.6 Å². The van der Waals surface area contributed by atoms with Crippen molar-refractivity contribution in [1.82, 2.24) is 9.88 Å². The third-order valence-corrected chi connectivity index (χ3v) is 6.90. The molecule has 1 amide bonds. The van der Waals surface area contributed by atoms with Crippen LogP contribution in [0.15, 0.2) is 29.6 Å². The van der Waals surface area contributed by atoms with Crippen LogP contribution < -0.4 is 5.32 Å². The number of carbonyl (C=O) groups is 1. The number of likely N-dealkylation sites (tertiary alicyclic amines) is 1. The second-order valence-corrected chi connectivity index (χ2v) is 9.09. The van der Waals surface area contributed by atoms with Crippen LogP contribution >= 0.6 is 11.3 Å².